The van der Waals surface area contributed by atoms with Crippen LogP contribution in [-0.2, 0) is 14.8 Å². The first-order valence-electron chi connectivity index (χ1n) is 6.81. The molecule has 0 aliphatic rings. The molecule has 0 fully saturated rings. The van der Waals surface area contributed by atoms with Crippen LogP contribution in [-0.4, -0.2) is 37.2 Å². The molecule has 2 rings (SSSR count). The Labute approximate surface area is 144 Å². The first kappa shape index (κ1) is 17.9. The zero-order valence-electron chi connectivity index (χ0n) is 12.4. The molecular formula is C14H16ClN3O3S2. The lowest BCUT2D eigenvalue weighted by Crippen LogP contribution is -2.28. The number of hydrogen-bond acceptors (Lipinski definition) is 5. The fourth-order valence-corrected chi connectivity index (χ4v) is 4.32. The molecule has 6 nitrogen and oxygen atoms in total. The highest BCUT2D eigenvalue weighted by molar-refractivity contribution is 7.91. The molecule has 0 atom stereocenters. The van der Waals surface area contributed by atoms with Crippen LogP contribution in [0.2, 0.25) is 5.02 Å². The van der Waals surface area contributed by atoms with E-state index in [0.717, 1.165) is 0 Å². The highest BCUT2D eigenvalue weighted by atomic mass is 35.5. The van der Waals surface area contributed by atoms with Gasteiger partial charge in [0.2, 0.25) is 5.91 Å². The van der Waals surface area contributed by atoms with Gasteiger partial charge in [-0.15, -0.1) is 11.3 Å². The number of thiophene rings is 1. The van der Waals surface area contributed by atoms with Crippen molar-refractivity contribution in [1.82, 2.24) is 9.29 Å². The number of hydrogen-bond donors (Lipinski definition) is 1. The third-order valence-corrected chi connectivity index (χ3v) is 6.48. The number of nitrogens with zero attached hydrogens (tertiary/aromatic N) is 2. The number of rotatable bonds is 7. The van der Waals surface area contributed by atoms with Crippen molar-refractivity contribution in [2.24, 2.45) is 0 Å². The van der Waals surface area contributed by atoms with E-state index >= 15 is 0 Å². The molecule has 0 aromatic carbocycles. The van der Waals surface area contributed by atoms with Crippen LogP contribution in [0.1, 0.15) is 12.8 Å². The molecule has 0 bridgehead atoms. The van der Waals surface area contributed by atoms with E-state index in [1.807, 2.05) is 0 Å². The maximum absolute atomic E-state index is 12.2. The molecule has 0 aliphatic carbocycles. The molecule has 0 spiro atoms. The number of pyridine rings is 1. The number of halogens is 1. The Kier molecular flexibility index (Phi) is 6.11. The van der Waals surface area contributed by atoms with E-state index < -0.39 is 10.0 Å². The molecule has 0 radical (unpaired) electrons. The summed E-state index contributed by atoms with van der Waals surface area (Å²) < 4.78 is 26.0. The van der Waals surface area contributed by atoms with Crippen LogP contribution < -0.4 is 5.32 Å². The Hall–Kier alpha value is -1.48. The molecular weight excluding hydrogens is 358 g/mol. The Morgan fingerprint density at radius 3 is 2.78 bits per heavy atom. The molecule has 0 saturated heterocycles. The Morgan fingerprint density at radius 2 is 2.17 bits per heavy atom. The molecule has 2 aromatic rings. The van der Waals surface area contributed by atoms with Gasteiger partial charge in [0.1, 0.15) is 10.0 Å². The lowest BCUT2D eigenvalue weighted by molar-refractivity contribution is -0.116. The molecule has 0 unspecified atom stereocenters. The smallest absolute Gasteiger partial charge is 0.252 e. The Balaban J connectivity index is 1.80. The van der Waals surface area contributed by atoms with Crippen LogP contribution in [0.3, 0.4) is 0 Å². The zero-order valence-corrected chi connectivity index (χ0v) is 14.8. The minimum absolute atomic E-state index is 0.203. The van der Waals surface area contributed by atoms with Crippen molar-refractivity contribution in [2.45, 2.75) is 17.1 Å². The second-order valence-electron chi connectivity index (χ2n) is 4.77. The maximum Gasteiger partial charge on any atom is 0.252 e. The summed E-state index contributed by atoms with van der Waals surface area (Å²) in [6.07, 6.45) is 2.06. The molecule has 2 aromatic heterocycles. The molecule has 9 heteroatoms. The van der Waals surface area contributed by atoms with Crippen molar-refractivity contribution >= 4 is 44.7 Å². The van der Waals surface area contributed by atoms with E-state index in [9.17, 15) is 13.2 Å². The van der Waals surface area contributed by atoms with Crippen molar-refractivity contribution in [3.05, 3.63) is 40.9 Å². The van der Waals surface area contributed by atoms with Gasteiger partial charge in [0, 0.05) is 26.2 Å². The van der Waals surface area contributed by atoms with Gasteiger partial charge in [0.05, 0.1) is 5.02 Å². The number of carbonyl (C=O) groups excluding carboxylic acids is 1. The van der Waals surface area contributed by atoms with Gasteiger partial charge in [-0.2, -0.15) is 0 Å². The summed E-state index contributed by atoms with van der Waals surface area (Å²) in [6.45, 7) is 0.266. The third-order valence-electron chi connectivity index (χ3n) is 3.03. The highest BCUT2D eigenvalue weighted by Crippen LogP contribution is 2.20. The number of aromatic nitrogens is 1. The standard InChI is InChI=1S/C14H16ClN3O3S2/c1-18(23(20,21)14-5-3-9-22-14)8-2-4-13(19)17-12-7-6-11(15)10-16-12/h3,5-7,9-10H,2,4,8H2,1H3,(H,16,17,19). The van der Waals surface area contributed by atoms with Gasteiger partial charge in [0.15, 0.2) is 0 Å². The van der Waals surface area contributed by atoms with E-state index in [-0.39, 0.29) is 18.9 Å². The van der Waals surface area contributed by atoms with Crippen LogP contribution in [0.5, 0.6) is 0 Å². The molecule has 124 valence electrons. The van der Waals surface area contributed by atoms with Crippen molar-refractivity contribution in [3.8, 4) is 0 Å². The van der Waals surface area contributed by atoms with Gasteiger partial charge in [-0.05, 0) is 30.0 Å². The Morgan fingerprint density at radius 1 is 1.39 bits per heavy atom. The zero-order chi connectivity index (χ0) is 16.9. The minimum Gasteiger partial charge on any atom is -0.311 e. The number of sulfonamides is 1. The van der Waals surface area contributed by atoms with E-state index in [4.69, 9.17) is 11.6 Å². The topological polar surface area (TPSA) is 79.4 Å². The number of carbonyl (C=O) groups is 1. The molecule has 2 heterocycles. The third kappa shape index (κ3) is 5.00. The van der Waals surface area contributed by atoms with Crippen LogP contribution in [0.4, 0.5) is 5.82 Å². The van der Waals surface area contributed by atoms with Crippen molar-refractivity contribution in [2.75, 3.05) is 18.9 Å². The summed E-state index contributed by atoms with van der Waals surface area (Å²) in [6, 6.07) is 6.49. The average Bonchev–Trinajstić information content (AvgIpc) is 3.04. The second kappa shape index (κ2) is 7.87. The van der Waals surface area contributed by atoms with Gasteiger partial charge in [-0.3, -0.25) is 4.79 Å². The number of anilines is 1. The maximum atomic E-state index is 12.2. The van der Waals surface area contributed by atoms with Crippen LogP contribution in [0.15, 0.2) is 40.1 Å². The summed E-state index contributed by atoms with van der Waals surface area (Å²) in [7, 11) is -1.96. The molecule has 23 heavy (non-hydrogen) atoms. The molecule has 0 saturated carbocycles. The molecule has 0 aliphatic heterocycles. The van der Waals surface area contributed by atoms with Crippen molar-refractivity contribution < 1.29 is 13.2 Å². The summed E-state index contributed by atoms with van der Waals surface area (Å²) in [5.74, 6) is 0.195. The quantitative estimate of drug-likeness (QED) is 0.809. The van der Waals surface area contributed by atoms with Crippen LogP contribution in [0.25, 0.3) is 0 Å². The molecule has 1 N–H and O–H groups in total. The van der Waals surface area contributed by atoms with Gasteiger partial charge >= 0.3 is 0 Å². The number of nitrogens with one attached hydrogen (secondary N) is 1. The van der Waals surface area contributed by atoms with E-state index in [0.29, 0.717) is 21.5 Å². The fraction of sp³-hybridized carbons (Fsp3) is 0.286. The predicted octanol–water partition coefficient (Wildman–Crippen LogP) is 2.84. The fourth-order valence-electron chi connectivity index (χ4n) is 1.80. The highest BCUT2D eigenvalue weighted by Gasteiger charge is 2.21. The van der Waals surface area contributed by atoms with Crippen LogP contribution >= 0.6 is 22.9 Å². The lowest BCUT2D eigenvalue weighted by Gasteiger charge is -2.15. The largest absolute Gasteiger partial charge is 0.311 e. The first-order valence-corrected chi connectivity index (χ1v) is 9.50. The van der Waals surface area contributed by atoms with E-state index in [1.165, 1.54) is 28.9 Å². The SMILES string of the molecule is CN(CCCC(=O)Nc1ccc(Cl)cn1)S(=O)(=O)c1cccs1. The lowest BCUT2D eigenvalue weighted by atomic mass is 10.3. The predicted molar refractivity (Wildman–Crippen MR) is 91.2 cm³/mol. The second-order valence-corrected chi connectivity index (χ2v) is 8.43. The first-order chi connectivity index (χ1) is 10.9. The van der Waals surface area contributed by atoms with E-state index in [2.05, 4.69) is 10.3 Å². The summed E-state index contributed by atoms with van der Waals surface area (Å²) >= 11 is 6.89. The van der Waals surface area contributed by atoms with Crippen molar-refractivity contribution in [3.63, 3.8) is 0 Å². The Bertz CT molecular complexity index is 746. The summed E-state index contributed by atoms with van der Waals surface area (Å²) in [5.41, 5.74) is 0. The number of amides is 1. The monoisotopic (exact) mass is 373 g/mol. The molecule has 1 amide bonds. The summed E-state index contributed by atoms with van der Waals surface area (Å²) in [4.78, 5) is 15.8. The van der Waals surface area contributed by atoms with Crippen LogP contribution in [0, 0.1) is 0 Å². The minimum atomic E-state index is -3.46. The van der Waals surface area contributed by atoms with Gasteiger partial charge in [0.25, 0.3) is 10.0 Å². The van der Waals surface area contributed by atoms with Gasteiger partial charge in [-0.25, -0.2) is 17.7 Å². The average molecular weight is 374 g/mol. The van der Waals surface area contributed by atoms with E-state index in [1.54, 1.807) is 29.6 Å². The summed E-state index contributed by atoms with van der Waals surface area (Å²) in [5, 5.41) is 4.84. The van der Waals surface area contributed by atoms with Crippen molar-refractivity contribution in [1.29, 1.82) is 0 Å². The van der Waals surface area contributed by atoms with Gasteiger partial charge < -0.3 is 5.32 Å². The normalized spacial score (nSPS) is 11.6. The van der Waals surface area contributed by atoms with Gasteiger partial charge in [-0.1, -0.05) is 17.7 Å².